The molecular weight excluding hydrogens is 948 g/mol. The van der Waals surface area contributed by atoms with Crippen LogP contribution in [0.1, 0.15) is 304 Å². The predicted octanol–water partition coefficient (Wildman–Crippen LogP) is 16.6. The van der Waals surface area contributed by atoms with E-state index in [0.29, 0.717) is 71.0 Å². The van der Waals surface area contributed by atoms with Crippen LogP contribution in [0.4, 0.5) is 0 Å². The Morgan fingerprint density at radius 3 is 0.652 bits per heavy atom. The van der Waals surface area contributed by atoms with Crippen molar-refractivity contribution in [3.05, 3.63) is 115 Å². The molecule has 4 heteroatoms. The van der Waals surface area contributed by atoms with E-state index in [1.165, 1.54) is 22.3 Å². The molecule has 0 aliphatic rings. The molecule has 0 saturated heterocycles. The average molecular weight is 1050 g/mol. The molecule has 4 aromatic rings. The zero-order chi connectivity index (χ0) is 50.4. The van der Waals surface area contributed by atoms with Crippen LogP contribution in [0.25, 0.3) is 0 Å². The van der Waals surface area contributed by atoms with E-state index in [9.17, 15) is 0 Å². The minimum atomic E-state index is -1.51. The Bertz CT molecular complexity index is 2050. The zero-order valence-corrected chi connectivity index (χ0v) is 53.4. The molecule has 0 saturated carbocycles. The van der Waals surface area contributed by atoms with Crippen molar-refractivity contribution < 1.29 is 0 Å². The topological polar surface area (TPSA) is 0 Å². The molecular formula is C62H98Si3Sn. The van der Waals surface area contributed by atoms with E-state index in [-0.39, 0.29) is 21.1 Å². The quantitative estimate of drug-likeness (QED) is 0.0925. The normalized spacial score (nSPS) is 12.8. The summed E-state index contributed by atoms with van der Waals surface area (Å²) in [5.41, 5.74) is 19.0. The fourth-order valence-electron chi connectivity index (χ4n) is 9.58. The zero-order valence-electron chi connectivity index (χ0n) is 47.5. The van der Waals surface area contributed by atoms with Gasteiger partial charge in [0.2, 0.25) is 0 Å². The van der Waals surface area contributed by atoms with Gasteiger partial charge in [0.05, 0.1) is 0 Å². The molecule has 0 unspecified atom stereocenters. The summed E-state index contributed by atoms with van der Waals surface area (Å²) in [6, 6.07) is 21.5. The molecule has 4 aromatic carbocycles. The van der Waals surface area contributed by atoms with Gasteiger partial charge in [-0.15, -0.1) is 0 Å². The summed E-state index contributed by atoms with van der Waals surface area (Å²) in [7, 11) is -2.18. The van der Waals surface area contributed by atoms with Crippen LogP contribution in [0.5, 0.6) is 0 Å². The van der Waals surface area contributed by atoms with E-state index in [4.69, 9.17) is 0 Å². The summed E-state index contributed by atoms with van der Waals surface area (Å²) in [5.74, 6) is 5.36. The van der Waals surface area contributed by atoms with Crippen LogP contribution in [0.15, 0.2) is 48.5 Å². The third-order valence-corrected chi connectivity index (χ3v) is 28.0. The first kappa shape index (κ1) is 58.6. The molecule has 66 heavy (non-hydrogen) atoms. The third-order valence-electron chi connectivity index (χ3n) is 13.8. The van der Waals surface area contributed by atoms with Gasteiger partial charge in [-0.3, -0.25) is 0 Å². The molecule has 4 radical (unpaired) electrons. The van der Waals surface area contributed by atoms with Crippen LogP contribution < -0.4 is 20.7 Å². The van der Waals surface area contributed by atoms with Crippen molar-refractivity contribution in [2.75, 3.05) is 0 Å². The SMILES string of the molecule is CC(C)c1cc(C(C)C)c(/[Si]=[Si](\c2c(C(C)C)cc(C(C)C)cc2C(C)C)[Si](c2c(C(C)C)cc(C(C)C)cc2C(C)C)c2c(C(C)C)cc(C(C)C)cc2C(C)C)c(C(C)C)c1.[CH3][Sn][CH3]. The van der Waals surface area contributed by atoms with Gasteiger partial charge >= 0.3 is 31.0 Å². The van der Waals surface area contributed by atoms with Gasteiger partial charge in [-0.25, -0.2) is 0 Å². The average Bonchev–Trinajstić information content (AvgIpc) is 3.21. The molecule has 0 bridgehead atoms. The van der Waals surface area contributed by atoms with Gasteiger partial charge in [0.15, 0.2) is 0 Å². The molecule has 0 aliphatic carbocycles. The van der Waals surface area contributed by atoms with Gasteiger partial charge in [-0.2, -0.15) is 0 Å². The van der Waals surface area contributed by atoms with Crippen molar-refractivity contribution >= 4 is 66.2 Å². The van der Waals surface area contributed by atoms with Crippen molar-refractivity contribution in [2.45, 2.75) is 247 Å². The van der Waals surface area contributed by atoms with Gasteiger partial charge in [-0.05, 0) is 159 Å². The van der Waals surface area contributed by atoms with Crippen LogP contribution in [-0.4, -0.2) is 45.5 Å². The summed E-state index contributed by atoms with van der Waals surface area (Å²) in [5, 5.41) is 7.02. The van der Waals surface area contributed by atoms with Crippen molar-refractivity contribution in [1.82, 2.24) is 0 Å². The first-order valence-electron chi connectivity index (χ1n) is 26.4. The molecule has 362 valence electrons. The van der Waals surface area contributed by atoms with E-state index >= 15 is 0 Å². The van der Waals surface area contributed by atoms with Crippen LogP contribution in [0.2, 0.25) is 9.88 Å². The molecule has 0 heterocycles. The second kappa shape index (κ2) is 25.4. The summed E-state index contributed by atoms with van der Waals surface area (Å²) in [6.45, 7) is 59.2. The van der Waals surface area contributed by atoms with Crippen molar-refractivity contribution in [3.8, 4) is 0 Å². The maximum atomic E-state index is 2.70. The van der Waals surface area contributed by atoms with E-state index in [1.54, 1.807) is 65.3 Å². The molecule has 0 aliphatic heterocycles. The van der Waals surface area contributed by atoms with Gasteiger partial charge in [0.1, 0.15) is 8.31 Å². The first-order valence-corrected chi connectivity index (χ1v) is 38.1. The van der Waals surface area contributed by atoms with Gasteiger partial charge in [0.25, 0.3) is 0 Å². The molecule has 4 rings (SSSR count). The van der Waals surface area contributed by atoms with E-state index in [1.807, 2.05) is 0 Å². The minimum absolute atomic E-state index is 0.230. The number of hydrogen-bond donors (Lipinski definition) is 0. The monoisotopic (exact) mass is 1050 g/mol. The van der Waals surface area contributed by atoms with Crippen LogP contribution in [0.3, 0.4) is 0 Å². The van der Waals surface area contributed by atoms with Crippen LogP contribution in [0, 0.1) is 0 Å². The van der Waals surface area contributed by atoms with E-state index in [2.05, 4.69) is 225 Å². The molecule has 0 nitrogen and oxygen atoms in total. The molecule has 0 atom stereocenters. The molecule has 0 amide bonds. The standard InChI is InChI=1S/C60H92Si3.2CH3.Sn/c1-33(2)45-25-49(37(9)10)57(50(26-45)38(11)12)61-63(60-55(43(21)22)31-48(36(7)8)32-56(60)44(23)24)62(58-51(39(13)14)27-46(34(3)4)28-52(58)40(15)16)59-53(41(17)18)29-47(35(5)6)30-54(59)42(19)20;;;/h25-44H,1-24H3;2*1H3;. The summed E-state index contributed by atoms with van der Waals surface area (Å²) < 4.78 is 0. The summed E-state index contributed by atoms with van der Waals surface area (Å²) >= 11 is 0.230. The Kier molecular flexibility index (Phi) is 22.6. The van der Waals surface area contributed by atoms with E-state index < -0.39 is 15.7 Å². The molecule has 0 spiro atoms. The Hall–Kier alpha value is -1.67. The summed E-state index contributed by atoms with van der Waals surface area (Å²) in [4.78, 5) is 4.59. The second-order valence-corrected chi connectivity index (χ2v) is 36.9. The van der Waals surface area contributed by atoms with Crippen molar-refractivity contribution in [1.29, 1.82) is 0 Å². The Morgan fingerprint density at radius 2 is 0.470 bits per heavy atom. The predicted molar refractivity (Wildman–Crippen MR) is 308 cm³/mol. The molecule has 0 fully saturated rings. The van der Waals surface area contributed by atoms with Gasteiger partial charge in [-0.1, -0.05) is 215 Å². The maximum absolute atomic E-state index is 2.70. The first-order chi connectivity index (χ1) is 30.6. The van der Waals surface area contributed by atoms with Gasteiger partial charge in [0, 0.05) is 16.0 Å². The number of benzene rings is 4. The van der Waals surface area contributed by atoms with Crippen molar-refractivity contribution in [3.63, 3.8) is 0 Å². The Balaban J connectivity index is 0.00000375. The van der Waals surface area contributed by atoms with Crippen molar-refractivity contribution in [2.24, 2.45) is 0 Å². The molecule has 0 aromatic heterocycles. The van der Waals surface area contributed by atoms with Crippen LogP contribution >= 0.6 is 0 Å². The van der Waals surface area contributed by atoms with Gasteiger partial charge < -0.3 is 0 Å². The van der Waals surface area contributed by atoms with E-state index in [0.717, 1.165) is 8.61 Å². The third kappa shape index (κ3) is 13.8. The Labute approximate surface area is 425 Å². The fraction of sp³-hybridized carbons (Fsp3) is 0.613. The van der Waals surface area contributed by atoms with Crippen LogP contribution in [-0.2, 0) is 0 Å². The Morgan fingerprint density at radius 1 is 0.288 bits per heavy atom. The summed E-state index contributed by atoms with van der Waals surface area (Å²) in [6.07, 6.45) is 0. The number of hydrogen-bond acceptors (Lipinski definition) is 0. The molecule has 0 N–H and O–H groups in total. The second-order valence-electron chi connectivity index (χ2n) is 23.5. The fourth-order valence-corrected chi connectivity index (χ4v) is 28.6. The number of rotatable bonds is 17.